The minimum atomic E-state index is -4.21. The van der Waals surface area contributed by atoms with E-state index in [-0.39, 0.29) is 17.0 Å². The quantitative estimate of drug-likeness (QED) is 0.405. The standard InChI is InChI=1S/C27H29ClFN3O4S/c1-4-30-27(34)20(3)31(17-21-10-6-7-11-24(21)29)26(33)18-32(25-12-8-5-9-19(25)2)37(35,36)23-15-13-22(28)14-16-23/h5-16,20H,4,17-18H2,1-3H3,(H,30,34)/t20-/m0/s1. The van der Waals surface area contributed by atoms with Crippen LogP contribution in [0.15, 0.2) is 77.7 Å². The highest BCUT2D eigenvalue weighted by atomic mass is 35.5. The Bertz CT molecular complexity index is 1370. The molecular weight excluding hydrogens is 517 g/mol. The van der Waals surface area contributed by atoms with Crippen LogP contribution < -0.4 is 9.62 Å². The van der Waals surface area contributed by atoms with E-state index < -0.39 is 40.2 Å². The van der Waals surface area contributed by atoms with Gasteiger partial charge in [-0.15, -0.1) is 0 Å². The molecule has 0 aliphatic heterocycles. The zero-order valence-corrected chi connectivity index (χ0v) is 22.4. The summed E-state index contributed by atoms with van der Waals surface area (Å²) >= 11 is 5.95. The van der Waals surface area contributed by atoms with E-state index in [9.17, 15) is 22.4 Å². The topological polar surface area (TPSA) is 86.8 Å². The molecule has 1 atom stereocenters. The summed E-state index contributed by atoms with van der Waals surface area (Å²) in [6, 6.07) is 17.3. The fraction of sp³-hybridized carbons (Fsp3) is 0.259. The molecule has 0 unspecified atom stereocenters. The number of hydrogen-bond acceptors (Lipinski definition) is 4. The average molecular weight is 546 g/mol. The number of amides is 2. The Morgan fingerprint density at radius 1 is 1.00 bits per heavy atom. The van der Waals surface area contributed by atoms with Gasteiger partial charge in [0.2, 0.25) is 11.8 Å². The number of carbonyl (C=O) groups excluding carboxylic acids is 2. The van der Waals surface area contributed by atoms with Crippen LogP contribution in [-0.2, 0) is 26.2 Å². The number of para-hydroxylation sites is 1. The summed E-state index contributed by atoms with van der Waals surface area (Å²) in [7, 11) is -4.21. The maximum Gasteiger partial charge on any atom is 0.264 e. The van der Waals surface area contributed by atoms with E-state index in [1.165, 1.54) is 54.3 Å². The van der Waals surface area contributed by atoms with Crippen molar-refractivity contribution in [2.75, 3.05) is 17.4 Å². The van der Waals surface area contributed by atoms with Crippen LogP contribution in [0.3, 0.4) is 0 Å². The van der Waals surface area contributed by atoms with Gasteiger partial charge in [-0.3, -0.25) is 13.9 Å². The van der Waals surface area contributed by atoms with Crippen LogP contribution in [-0.4, -0.2) is 44.3 Å². The molecule has 0 aromatic heterocycles. The molecule has 0 radical (unpaired) electrons. The number of aryl methyl sites for hydroxylation is 1. The van der Waals surface area contributed by atoms with Gasteiger partial charge in [0.05, 0.1) is 10.6 Å². The molecule has 3 rings (SSSR count). The van der Waals surface area contributed by atoms with Gasteiger partial charge in [-0.1, -0.05) is 48.0 Å². The number of rotatable bonds is 10. The molecule has 0 saturated heterocycles. The smallest absolute Gasteiger partial charge is 0.264 e. The first-order chi connectivity index (χ1) is 17.6. The van der Waals surface area contributed by atoms with E-state index in [1.54, 1.807) is 44.2 Å². The fourth-order valence-corrected chi connectivity index (χ4v) is 5.41. The van der Waals surface area contributed by atoms with Gasteiger partial charge >= 0.3 is 0 Å². The Labute approximate surface area is 221 Å². The fourth-order valence-electron chi connectivity index (χ4n) is 3.81. The third kappa shape index (κ3) is 6.67. The first-order valence-electron chi connectivity index (χ1n) is 11.7. The predicted molar refractivity (Wildman–Crippen MR) is 142 cm³/mol. The third-order valence-corrected chi connectivity index (χ3v) is 7.91. The molecule has 7 nitrogen and oxygen atoms in total. The van der Waals surface area contributed by atoms with Gasteiger partial charge < -0.3 is 10.2 Å². The minimum Gasteiger partial charge on any atom is -0.355 e. The molecule has 3 aromatic rings. The molecule has 1 N–H and O–H groups in total. The van der Waals surface area contributed by atoms with Crippen molar-refractivity contribution in [2.45, 2.75) is 38.3 Å². The van der Waals surface area contributed by atoms with E-state index in [2.05, 4.69) is 5.32 Å². The Morgan fingerprint density at radius 3 is 2.24 bits per heavy atom. The summed E-state index contributed by atoms with van der Waals surface area (Å²) in [6.45, 7) is 4.52. The first kappa shape index (κ1) is 28.1. The lowest BCUT2D eigenvalue weighted by molar-refractivity contribution is -0.139. The van der Waals surface area contributed by atoms with E-state index in [4.69, 9.17) is 11.6 Å². The first-order valence-corrected chi connectivity index (χ1v) is 13.5. The number of nitrogens with zero attached hydrogens (tertiary/aromatic N) is 2. The molecule has 2 amide bonds. The van der Waals surface area contributed by atoms with E-state index in [0.29, 0.717) is 22.8 Å². The largest absolute Gasteiger partial charge is 0.355 e. The van der Waals surface area contributed by atoms with Crippen molar-refractivity contribution in [3.8, 4) is 0 Å². The lowest BCUT2D eigenvalue weighted by atomic mass is 10.1. The van der Waals surface area contributed by atoms with Crippen LogP contribution in [0, 0.1) is 12.7 Å². The predicted octanol–water partition coefficient (Wildman–Crippen LogP) is 4.54. The van der Waals surface area contributed by atoms with Crippen LogP contribution in [0.5, 0.6) is 0 Å². The highest BCUT2D eigenvalue weighted by Gasteiger charge is 2.33. The second-order valence-corrected chi connectivity index (χ2v) is 10.7. The molecule has 196 valence electrons. The average Bonchev–Trinajstić information content (AvgIpc) is 2.87. The number of benzene rings is 3. The number of nitrogens with one attached hydrogen (secondary N) is 1. The molecule has 0 bridgehead atoms. The summed E-state index contributed by atoms with van der Waals surface area (Å²) in [5, 5.41) is 3.03. The Hall–Kier alpha value is -3.43. The maximum absolute atomic E-state index is 14.5. The molecular formula is C27H29ClFN3O4S. The van der Waals surface area contributed by atoms with Gasteiger partial charge in [-0.25, -0.2) is 12.8 Å². The lowest BCUT2D eigenvalue weighted by Crippen LogP contribution is -2.51. The lowest BCUT2D eigenvalue weighted by Gasteiger charge is -2.32. The number of likely N-dealkylation sites (N-methyl/N-ethyl adjacent to an activating group) is 1. The van der Waals surface area contributed by atoms with Gasteiger partial charge in [0.25, 0.3) is 10.0 Å². The zero-order chi connectivity index (χ0) is 27.2. The summed E-state index contributed by atoms with van der Waals surface area (Å²) in [5.41, 5.74) is 1.14. The van der Waals surface area contributed by atoms with Crippen LogP contribution in [0.4, 0.5) is 10.1 Å². The number of carbonyl (C=O) groups is 2. The molecule has 37 heavy (non-hydrogen) atoms. The van der Waals surface area contributed by atoms with Gasteiger partial charge in [0, 0.05) is 23.7 Å². The van der Waals surface area contributed by atoms with Crippen molar-refractivity contribution in [1.82, 2.24) is 10.2 Å². The van der Waals surface area contributed by atoms with Crippen LogP contribution in [0.1, 0.15) is 25.0 Å². The van der Waals surface area contributed by atoms with Crippen LogP contribution in [0.25, 0.3) is 0 Å². The van der Waals surface area contributed by atoms with Crippen LogP contribution >= 0.6 is 11.6 Å². The van der Waals surface area contributed by atoms with Crippen molar-refractivity contribution in [3.63, 3.8) is 0 Å². The summed E-state index contributed by atoms with van der Waals surface area (Å²) in [5.74, 6) is -1.63. The van der Waals surface area contributed by atoms with E-state index in [0.717, 1.165) is 4.31 Å². The Kier molecular flexibility index (Phi) is 9.29. The number of sulfonamides is 1. The number of hydrogen-bond donors (Lipinski definition) is 1. The number of anilines is 1. The molecule has 0 saturated carbocycles. The molecule has 0 heterocycles. The SMILES string of the molecule is CCNC(=O)[C@H](C)N(Cc1ccccc1F)C(=O)CN(c1ccccc1C)S(=O)(=O)c1ccc(Cl)cc1. The zero-order valence-electron chi connectivity index (χ0n) is 20.8. The molecule has 0 aliphatic rings. The van der Waals surface area contributed by atoms with Gasteiger partial charge in [0.1, 0.15) is 18.4 Å². The van der Waals surface area contributed by atoms with Crippen molar-refractivity contribution in [1.29, 1.82) is 0 Å². The van der Waals surface area contributed by atoms with Crippen molar-refractivity contribution < 1.29 is 22.4 Å². The molecule has 0 spiro atoms. The normalized spacial score (nSPS) is 12.0. The maximum atomic E-state index is 14.5. The van der Waals surface area contributed by atoms with Gasteiger partial charge in [-0.2, -0.15) is 0 Å². The van der Waals surface area contributed by atoms with Crippen molar-refractivity contribution >= 4 is 39.1 Å². The Morgan fingerprint density at radius 2 is 1.62 bits per heavy atom. The number of halogens is 2. The van der Waals surface area contributed by atoms with Crippen molar-refractivity contribution in [2.24, 2.45) is 0 Å². The monoisotopic (exact) mass is 545 g/mol. The molecule has 3 aromatic carbocycles. The minimum absolute atomic E-state index is 0.0506. The van der Waals surface area contributed by atoms with E-state index >= 15 is 0 Å². The highest BCUT2D eigenvalue weighted by Crippen LogP contribution is 2.28. The Balaban J connectivity index is 2.05. The summed E-state index contributed by atoms with van der Waals surface area (Å²) < 4.78 is 43.0. The van der Waals surface area contributed by atoms with Crippen molar-refractivity contribution in [3.05, 3.63) is 94.8 Å². The second-order valence-electron chi connectivity index (χ2n) is 8.44. The second kappa shape index (κ2) is 12.2. The molecule has 0 fully saturated rings. The van der Waals surface area contributed by atoms with E-state index in [1.807, 2.05) is 0 Å². The highest BCUT2D eigenvalue weighted by molar-refractivity contribution is 7.92. The third-order valence-electron chi connectivity index (χ3n) is 5.88. The van der Waals surface area contributed by atoms with Gasteiger partial charge in [-0.05, 0) is 62.7 Å². The summed E-state index contributed by atoms with van der Waals surface area (Å²) in [4.78, 5) is 27.5. The van der Waals surface area contributed by atoms with Crippen LogP contribution in [0.2, 0.25) is 5.02 Å². The summed E-state index contributed by atoms with van der Waals surface area (Å²) in [6.07, 6.45) is 0. The molecule has 10 heteroatoms. The van der Waals surface area contributed by atoms with Gasteiger partial charge in [0.15, 0.2) is 0 Å². The molecule has 0 aliphatic carbocycles.